The van der Waals surface area contributed by atoms with Gasteiger partial charge in [-0.3, -0.25) is 0 Å². The number of aromatic nitrogens is 1. The minimum atomic E-state index is -0.148. The van der Waals surface area contributed by atoms with Crippen LogP contribution in [-0.2, 0) is 21.7 Å². The average molecular weight is 1270 g/mol. The van der Waals surface area contributed by atoms with E-state index in [1.54, 1.807) is 0 Å². The van der Waals surface area contributed by atoms with Crippen LogP contribution < -0.4 is 4.74 Å². The van der Waals surface area contributed by atoms with Gasteiger partial charge in [0.25, 0.3) is 0 Å². The summed E-state index contributed by atoms with van der Waals surface area (Å²) < 4.78 is 14.5. The molecule has 14 aromatic rings. The second kappa shape index (κ2) is 19.9. The molecule has 1 aliphatic heterocycles. The number of hydrogen-bond acceptors (Lipinski definition) is 2. The second-order valence-electron chi connectivity index (χ2n) is 31.4. The largest absolute Gasteiger partial charge is 0.484 e. The molecule has 2 atom stereocenters. The number of rotatable bonds is 6. The third-order valence-electron chi connectivity index (χ3n) is 24.6. The van der Waals surface area contributed by atoms with E-state index in [0.29, 0.717) is 0 Å². The molecule has 6 aliphatic carbocycles. The predicted octanol–water partition coefficient (Wildman–Crippen LogP) is 25.4. The van der Waals surface area contributed by atoms with Crippen LogP contribution in [0, 0.1) is 0 Å². The van der Waals surface area contributed by atoms with Gasteiger partial charge >= 0.3 is 0 Å². The fourth-order valence-corrected chi connectivity index (χ4v) is 19.3. The van der Waals surface area contributed by atoms with Crippen molar-refractivity contribution in [3.05, 3.63) is 316 Å². The molecule has 0 saturated carbocycles. The molecule has 3 heterocycles. The summed E-state index contributed by atoms with van der Waals surface area (Å²) >= 11 is 0. The van der Waals surface area contributed by atoms with E-state index in [1.165, 1.54) is 139 Å². The van der Waals surface area contributed by atoms with Crippen LogP contribution in [0.1, 0.15) is 130 Å². The van der Waals surface area contributed by atoms with Gasteiger partial charge in [0.2, 0.25) is 0 Å². The molecule has 0 fully saturated rings. The number of benzene rings is 12. The number of furan rings is 1. The zero-order chi connectivity index (χ0) is 66.3. The zero-order valence-electron chi connectivity index (χ0n) is 57.1. The van der Waals surface area contributed by atoms with Crippen molar-refractivity contribution >= 4 is 54.9 Å². The lowest BCUT2D eigenvalue weighted by Crippen LogP contribution is -2.17. The van der Waals surface area contributed by atoms with E-state index < -0.39 is 0 Å². The van der Waals surface area contributed by atoms with Crippen molar-refractivity contribution in [1.29, 1.82) is 0 Å². The summed E-state index contributed by atoms with van der Waals surface area (Å²) in [5, 5.41) is 4.54. The Morgan fingerprint density at radius 1 is 0.364 bits per heavy atom. The van der Waals surface area contributed by atoms with Gasteiger partial charge in [-0.25, -0.2) is 0 Å². The lowest BCUT2D eigenvalue weighted by atomic mass is 9.79. The quantitative estimate of drug-likeness (QED) is 0.180. The highest BCUT2D eigenvalue weighted by atomic mass is 16.5. The molecule has 3 nitrogen and oxygen atoms in total. The third kappa shape index (κ3) is 7.96. The van der Waals surface area contributed by atoms with Crippen LogP contribution in [0.3, 0.4) is 0 Å². The number of fused-ring (bicyclic) bond motifs is 20. The predicted molar refractivity (Wildman–Crippen MR) is 412 cm³/mol. The van der Waals surface area contributed by atoms with E-state index in [4.69, 9.17) is 9.15 Å². The highest BCUT2D eigenvalue weighted by Gasteiger charge is 2.42. The van der Waals surface area contributed by atoms with Crippen molar-refractivity contribution in [3.63, 3.8) is 0 Å². The molecule has 0 saturated heterocycles. The number of aromatic amines is 1. The average Bonchev–Trinajstić information content (AvgIpc) is 1.61. The van der Waals surface area contributed by atoms with Gasteiger partial charge in [0, 0.05) is 76.8 Å². The maximum atomic E-state index is 7.32. The number of hydrogen-bond donors (Lipinski definition) is 1. The van der Waals surface area contributed by atoms with Crippen molar-refractivity contribution in [1.82, 2.24) is 4.98 Å². The van der Waals surface area contributed by atoms with Gasteiger partial charge in [-0.1, -0.05) is 219 Å². The summed E-state index contributed by atoms with van der Waals surface area (Å²) in [5.74, 6) is 0.965. The zero-order valence-corrected chi connectivity index (χ0v) is 57.1. The highest BCUT2D eigenvalue weighted by Crippen LogP contribution is 2.57. The maximum Gasteiger partial charge on any atom is 0.143 e. The summed E-state index contributed by atoms with van der Waals surface area (Å²) in [6.07, 6.45) is 13.9. The standard InChI is InChI=1S/C96H73NO2/c1-93(2)79-21-13-9-17-63(79)67-33-25-55(49-83(67)93)53-31-39-89-75(41-53)77-47-61(57-27-35-69-65-19-11-15-23-81(65)95(5,6)85(69)51-57)45-71(91(77)98-89)59-29-37-87-73(43-59)74-44-60(30-38-88(74)97-87)72-46-62(58-28-36-70-66-20-12-16-24-82(66)96(7,8)86(70)52-58)48-78-76-42-54(32-40-90(76)99-92(72)78)56-26-34-68-64-18-10-14-22-80(64)94(3,4)84(68)50-56/h9-11,13-19,21-52,75,89,97H,12,20H2,1-8H3. The summed E-state index contributed by atoms with van der Waals surface area (Å²) in [4.78, 5) is 3.87. The number of nitrogens with one attached hydrogen (secondary N) is 1. The van der Waals surface area contributed by atoms with E-state index in [9.17, 15) is 0 Å². The smallest absolute Gasteiger partial charge is 0.143 e. The fraction of sp³-hybridized carbons (Fsp3) is 0.167. The van der Waals surface area contributed by atoms with Crippen molar-refractivity contribution in [2.45, 2.75) is 102 Å². The van der Waals surface area contributed by atoms with E-state index in [2.05, 4.69) is 315 Å². The third-order valence-corrected chi connectivity index (χ3v) is 24.6. The minimum Gasteiger partial charge on any atom is -0.484 e. The normalized spacial score (nSPS) is 18.4. The first-order chi connectivity index (χ1) is 48.0. The van der Waals surface area contributed by atoms with Gasteiger partial charge in [-0.05, 0) is 249 Å². The summed E-state index contributed by atoms with van der Waals surface area (Å²) in [6.45, 7) is 19.1. The molecule has 0 radical (unpaired) electrons. The number of ether oxygens (including phenoxy) is 1. The van der Waals surface area contributed by atoms with E-state index in [0.717, 1.165) is 84.6 Å². The Morgan fingerprint density at radius 3 is 1.44 bits per heavy atom. The van der Waals surface area contributed by atoms with Gasteiger partial charge in [-0.15, -0.1) is 0 Å². The Bertz CT molecular complexity index is 6150. The van der Waals surface area contributed by atoms with Gasteiger partial charge in [0.15, 0.2) is 0 Å². The first kappa shape index (κ1) is 57.1. The summed E-state index contributed by atoms with van der Waals surface area (Å²) in [5.41, 5.74) is 40.8. The molecule has 2 unspecified atom stereocenters. The molecular formula is C96H73NO2. The molecule has 0 spiro atoms. The van der Waals surface area contributed by atoms with Gasteiger partial charge in [0.05, 0.1) is 0 Å². The molecule has 99 heavy (non-hydrogen) atoms. The first-order valence-electron chi connectivity index (χ1n) is 35.6. The molecule has 7 aliphatic rings. The molecule has 21 rings (SSSR count). The van der Waals surface area contributed by atoms with Gasteiger partial charge in [-0.2, -0.15) is 0 Å². The summed E-state index contributed by atoms with van der Waals surface area (Å²) in [7, 11) is 0. The lowest BCUT2D eigenvalue weighted by molar-refractivity contribution is 0.270. The Hall–Kier alpha value is -11.0. The van der Waals surface area contributed by atoms with Crippen molar-refractivity contribution in [2.24, 2.45) is 0 Å². The maximum absolute atomic E-state index is 7.32. The van der Waals surface area contributed by atoms with Crippen LogP contribution in [-0.4, -0.2) is 11.1 Å². The molecule has 12 aromatic carbocycles. The van der Waals surface area contributed by atoms with Crippen molar-refractivity contribution < 1.29 is 9.15 Å². The number of H-pyrrole nitrogens is 1. The molecular weight excluding hydrogens is 1200 g/mol. The minimum absolute atomic E-state index is 0.0106. The topological polar surface area (TPSA) is 38.2 Å². The Morgan fingerprint density at radius 2 is 0.828 bits per heavy atom. The highest BCUT2D eigenvalue weighted by molar-refractivity contribution is 6.15. The van der Waals surface area contributed by atoms with Crippen molar-refractivity contribution in [2.75, 3.05) is 0 Å². The Labute approximate surface area is 578 Å². The monoisotopic (exact) mass is 1270 g/mol. The Kier molecular flexibility index (Phi) is 11.5. The first-order valence-corrected chi connectivity index (χ1v) is 35.6. The fourth-order valence-electron chi connectivity index (χ4n) is 19.3. The van der Waals surface area contributed by atoms with Gasteiger partial charge < -0.3 is 14.1 Å². The van der Waals surface area contributed by atoms with Crippen LogP contribution in [0.25, 0.3) is 144 Å². The van der Waals surface area contributed by atoms with Crippen LogP contribution in [0.5, 0.6) is 5.75 Å². The Balaban J connectivity index is 0.716. The number of allylic oxidation sites excluding steroid dienone is 6. The molecule has 2 aromatic heterocycles. The van der Waals surface area contributed by atoms with E-state index >= 15 is 0 Å². The molecule has 0 amide bonds. The van der Waals surface area contributed by atoms with Crippen LogP contribution in [0.4, 0.5) is 0 Å². The van der Waals surface area contributed by atoms with Crippen LogP contribution in [0.2, 0.25) is 0 Å². The molecule has 474 valence electrons. The lowest BCUT2D eigenvalue weighted by Gasteiger charge is -2.24. The molecule has 1 N–H and O–H groups in total. The van der Waals surface area contributed by atoms with Crippen LogP contribution >= 0.6 is 0 Å². The van der Waals surface area contributed by atoms with Crippen molar-refractivity contribution in [3.8, 4) is 94.8 Å². The van der Waals surface area contributed by atoms with Crippen LogP contribution in [0.15, 0.2) is 265 Å². The summed E-state index contributed by atoms with van der Waals surface area (Å²) in [6, 6.07) is 85.9. The second-order valence-corrected chi connectivity index (χ2v) is 31.4. The SMILES string of the molecule is CC1(C)C2=C(CCC=C2)c2ccc(-c3cc(-c4ccc5[nH]c6ccc(-c7cc(-c8ccc9c(c8)C(C)(C)c8ccccc8-9)cc8c7OC7C=CC(c9ccc%10c(c9)C(C)(C)c9ccccc9-%10)=CC87)cc6c5c4)c4oc5ccc(-c6ccc7c(c6)C(C)(C)c6ccccc6-7)cc5c4c3)cc21. The van der Waals surface area contributed by atoms with E-state index in [1.807, 2.05) is 0 Å². The molecule has 0 bridgehead atoms. The van der Waals surface area contributed by atoms with E-state index in [-0.39, 0.29) is 33.7 Å². The van der Waals surface area contributed by atoms with Gasteiger partial charge in [0.1, 0.15) is 23.0 Å². The molecule has 3 heteroatoms.